The van der Waals surface area contributed by atoms with Crippen LogP contribution in [0.1, 0.15) is 17.7 Å². The highest BCUT2D eigenvalue weighted by Gasteiger charge is 2.22. The molecule has 5 nitrogen and oxygen atoms in total. The molecule has 1 aromatic rings. The van der Waals surface area contributed by atoms with Gasteiger partial charge in [-0.3, -0.25) is 4.79 Å². The average Bonchev–Trinajstić information content (AvgIpc) is 2.30. The summed E-state index contributed by atoms with van der Waals surface area (Å²) in [6, 6.07) is 0. The summed E-state index contributed by atoms with van der Waals surface area (Å²) in [5.74, 6) is -0.771. The Kier molecular flexibility index (Phi) is 4.19. The second-order valence-electron chi connectivity index (χ2n) is 3.16. The summed E-state index contributed by atoms with van der Waals surface area (Å²) < 4.78 is 34.6. The molecule has 0 aliphatic rings. The third-order valence-electron chi connectivity index (χ3n) is 2.16. The molecule has 1 aromatic heterocycles. The van der Waals surface area contributed by atoms with Crippen molar-refractivity contribution in [2.24, 2.45) is 0 Å². The highest BCUT2D eigenvalue weighted by Crippen LogP contribution is 2.33. The molecule has 0 spiro atoms. The van der Waals surface area contributed by atoms with Gasteiger partial charge in [0.25, 0.3) is 6.43 Å². The van der Waals surface area contributed by atoms with Crippen LogP contribution in [0.2, 0.25) is 0 Å². The first-order valence-electron chi connectivity index (χ1n) is 4.67. The summed E-state index contributed by atoms with van der Waals surface area (Å²) in [5.41, 5.74) is 5.30. The van der Waals surface area contributed by atoms with Gasteiger partial charge in [0, 0.05) is 5.56 Å². The third kappa shape index (κ3) is 2.80. The van der Waals surface area contributed by atoms with Crippen molar-refractivity contribution in [3.63, 3.8) is 0 Å². The molecule has 17 heavy (non-hydrogen) atoms. The molecular formula is C10H12F2N2O3. The number of nitrogen functional groups attached to an aromatic ring is 1. The number of ether oxygens (including phenoxy) is 2. The maximum absolute atomic E-state index is 12.6. The van der Waals surface area contributed by atoms with E-state index in [2.05, 4.69) is 9.72 Å². The number of nitrogens with zero attached hydrogens (tertiary/aromatic N) is 1. The number of halogens is 2. The van der Waals surface area contributed by atoms with Crippen molar-refractivity contribution in [1.82, 2.24) is 4.98 Å². The van der Waals surface area contributed by atoms with Crippen LogP contribution in [-0.4, -0.2) is 25.2 Å². The van der Waals surface area contributed by atoms with Gasteiger partial charge in [-0.2, -0.15) is 0 Å². The Bertz CT molecular complexity index is 424. The maximum Gasteiger partial charge on any atom is 0.310 e. The average molecular weight is 246 g/mol. The van der Waals surface area contributed by atoms with E-state index in [9.17, 15) is 13.6 Å². The molecule has 0 aromatic carbocycles. The predicted molar refractivity (Wildman–Crippen MR) is 55.9 cm³/mol. The molecule has 7 heteroatoms. The van der Waals surface area contributed by atoms with Crippen molar-refractivity contribution in [3.05, 3.63) is 17.5 Å². The SMILES string of the molecule is COC(=O)Cc1c(N)cnc(C(F)F)c1OC. The van der Waals surface area contributed by atoms with E-state index >= 15 is 0 Å². The maximum atomic E-state index is 12.6. The fraction of sp³-hybridized carbons (Fsp3) is 0.400. The molecule has 0 fully saturated rings. The van der Waals surface area contributed by atoms with Gasteiger partial charge in [0.05, 0.1) is 32.5 Å². The first-order valence-corrected chi connectivity index (χ1v) is 4.67. The lowest BCUT2D eigenvalue weighted by Crippen LogP contribution is -2.11. The minimum atomic E-state index is -2.80. The molecule has 0 radical (unpaired) electrons. The number of hydrogen-bond donors (Lipinski definition) is 1. The van der Waals surface area contributed by atoms with Crippen molar-refractivity contribution in [1.29, 1.82) is 0 Å². The fourth-order valence-corrected chi connectivity index (χ4v) is 1.34. The highest BCUT2D eigenvalue weighted by atomic mass is 19.3. The number of alkyl halides is 2. The van der Waals surface area contributed by atoms with Gasteiger partial charge < -0.3 is 15.2 Å². The lowest BCUT2D eigenvalue weighted by atomic mass is 10.1. The van der Waals surface area contributed by atoms with Crippen LogP contribution >= 0.6 is 0 Å². The fourth-order valence-electron chi connectivity index (χ4n) is 1.34. The summed E-state index contributed by atoms with van der Waals surface area (Å²) in [4.78, 5) is 14.6. The summed E-state index contributed by atoms with van der Waals surface area (Å²) >= 11 is 0. The number of rotatable bonds is 4. The summed E-state index contributed by atoms with van der Waals surface area (Å²) in [6.07, 6.45) is -1.97. The van der Waals surface area contributed by atoms with Crippen LogP contribution in [0, 0.1) is 0 Å². The van der Waals surface area contributed by atoms with Gasteiger partial charge >= 0.3 is 5.97 Å². The Morgan fingerprint density at radius 2 is 2.18 bits per heavy atom. The van der Waals surface area contributed by atoms with E-state index in [1.165, 1.54) is 14.2 Å². The van der Waals surface area contributed by atoms with Gasteiger partial charge in [-0.25, -0.2) is 13.8 Å². The van der Waals surface area contributed by atoms with Gasteiger partial charge in [0.1, 0.15) is 5.69 Å². The van der Waals surface area contributed by atoms with Crippen LogP contribution in [0.4, 0.5) is 14.5 Å². The zero-order valence-electron chi connectivity index (χ0n) is 9.37. The number of aromatic nitrogens is 1. The monoisotopic (exact) mass is 246 g/mol. The number of nitrogens with two attached hydrogens (primary N) is 1. The minimum absolute atomic E-state index is 0.108. The Morgan fingerprint density at radius 1 is 1.53 bits per heavy atom. The smallest absolute Gasteiger partial charge is 0.310 e. The summed E-state index contributed by atoms with van der Waals surface area (Å²) in [5, 5.41) is 0. The van der Waals surface area contributed by atoms with Crippen molar-refractivity contribution in [3.8, 4) is 5.75 Å². The highest BCUT2D eigenvalue weighted by molar-refractivity contribution is 5.76. The molecule has 0 unspecified atom stereocenters. The van der Waals surface area contributed by atoms with Crippen molar-refractivity contribution in [2.45, 2.75) is 12.8 Å². The summed E-state index contributed by atoms with van der Waals surface area (Å²) in [7, 11) is 2.41. The van der Waals surface area contributed by atoms with Crippen LogP contribution in [-0.2, 0) is 16.0 Å². The van der Waals surface area contributed by atoms with E-state index < -0.39 is 18.1 Å². The molecule has 1 heterocycles. The number of carbonyl (C=O) groups excluding carboxylic acids is 1. The number of anilines is 1. The Labute approximate surface area is 96.5 Å². The number of hydrogen-bond acceptors (Lipinski definition) is 5. The van der Waals surface area contributed by atoms with Crippen LogP contribution < -0.4 is 10.5 Å². The topological polar surface area (TPSA) is 74.4 Å². The number of carbonyl (C=O) groups is 1. The molecule has 0 aliphatic carbocycles. The van der Waals surface area contributed by atoms with Crippen molar-refractivity contribution in [2.75, 3.05) is 20.0 Å². The van der Waals surface area contributed by atoms with Gasteiger partial charge in [-0.15, -0.1) is 0 Å². The Balaban J connectivity index is 3.25. The molecule has 0 saturated heterocycles. The van der Waals surface area contributed by atoms with E-state index in [1.807, 2.05) is 0 Å². The molecular weight excluding hydrogens is 234 g/mol. The lowest BCUT2D eigenvalue weighted by Gasteiger charge is -2.13. The second kappa shape index (κ2) is 5.42. The third-order valence-corrected chi connectivity index (χ3v) is 2.16. The molecule has 0 bridgehead atoms. The Morgan fingerprint density at radius 3 is 2.65 bits per heavy atom. The van der Waals surface area contributed by atoms with E-state index in [0.29, 0.717) is 0 Å². The van der Waals surface area contributed by atoms with E-state index in [1.54, 1.807) is 0 Å². The zero-order chi connectivity index (χ0) is 13.0. The first kappa shape index (κ1) is 13.1. The van der Waals surface area contributed by atoms with Crippen molar-refractivity contribution >= 4 is 11.7 Å². The quantitative estimate of drug-likeness (QED) is 0.811. The van der Waals surface area contributed by atoms with Crippen LogP contribution in [0.25, 0.3) is 0 Å². The lowest BCUT2D eigenvalue weighted by molar-refractivity contribution is -0.139. The van der Waals surface area contributed by atoms with Gasteiger partial charge in [-0.1, -0.05) is 0 Å². The number of esters is 1. The van der Waals surface area contributed by atoms with E-state index in [4.69, 9.17) is 10.5 Å². The van der Waals surface area contributed by atoms with Gasteiger partial charge in [0.2, 0.25) is 0 Å². The summed E-state index contributed by atoms with van der Waals surface area (Å²) in [6.45, 7) is 0. The normalized spacial score (nSPS) is 10.4. The van der Waals surface area contributed by atoms with E-state index in [0.717, 1.165) is 6.20 Å². The minimum Gasteiger partial charge on any atom is -0.494 e. The van der Waals surface area contributed by atoms with Gasteiger partial charge in [-0.05, 0) is 0 Å². The number of pyridine rings is 1. The van der Waals surface area contributed by atoms with E-state index in [-0.39, 0.29) is 23.4 Å². The van der Waals surface area contributed by atoms with Crippen LogP contribution in [0.15, 0.2) is 6.20 Å². The van der Waals surface area contributed by atoms with Crippen LogP contribution in [0.5, 0.6) is 5.75 Å². The largest absolute Gasteiger partial charge is 0.494 e. The van der Waals surface area contributed by atoms with Crippen molar-refractivity contribution < 1.29 is 23.0 Å². The molecule has 1 rings (SSSR count). The molecule has 0 amide bonds. The first-order chi connectivity index (χ1) is 8.01. The predicted octanol–water partition coefficient (Wildman–Crippen LogP) is 1.33. The molecule has 0 aliphatic heterocycles. The molecule has 2 N–H and O–H groups in total. The standard InChI is InChI=1S/C10H12F2N2O3/c1-16-7(15)3-5-6(13)4-14-8(10(11)12)9(5)17-2/h4,10H,3,13H2,1-2H3. The molecule has 0 saturated carbocycles. The molecule has 0 atom stereocenters. The second-order valence-corrected chi connectivity index (χ2v) is 3.16. The van der Waals surface area contributed by atoms with Crippen LogP contribution in [0.3, 0.4) is 0 Å². The zero-order valence-corrected chi connectivity index (χ0v) is 9.37. The van der Waals surface area contributed by atoms with Gasteiger partial charge in [0.15, 0.2) is 5.75 Å². The molecule has 94 valence electrons. The number of methoxy groups -OCH3 is 2. The Hall–Kier alpha value is -1.92.